The smallest absolute Gasteiger partial charge is 0.243 e. The van der Waals surface area contributed by atoms with Crippen molar-refractivity contribution in [2.45, 2.75) is 37.6 Å². The van der Waals surface area contributed by atoms with Crippen LogP contribution < -0.4 is 5.73 Å². The fourth-order valence-corrected chi connectivity index (χ4v) is 4.70. The maximum absolute atomic E-state index is 14.5. The molecule has 3 rings (SSSR count). The molecule has 0 aliphatic carbocycles. The molecule has 1 aromatic carbocycles. The van der Waals surface area contributed by atoms with Gasteiger partial charge in [-0.05, 0) is 56.4 Å². The van der Waals surface area contributed by atoms with Crippen LogP contribution in [0.1, 0.15) is 25.3 Å². The van der Waals surface area contributed by atoms with Crippen LogP contribution in [0.2, 0.25) is 0 Å². The minimum Gasteiger partial charge on any atom is -0.328 e. The molecular weight excluding hydrogens is 343 g/mol. The van der Waals surface area contributed by atoms with E-state index in [0.29, 0.717) is 13.1 Å². The molecule has 2 atom stereocenters. The van der Waals surface area contributed by atoms with Crippen molar-refractivity contribution >= 4 is 10.0 Å². The number of piperidine rings is 1. The van der Waals surface area contributed by atoms with Crippen LogP contribution in [0, 0.1) is 18.7 Å². The summed E-state index contributed by atoms with van der Waals surface area (Å²) in [6.07, 6.45) is 4.98. The average molecular weight is 366 g/mol. The molecular formula is C17H23FN4O2S. The van der Waals surface area contributed by atoms with Gasteiger partial charge in [0, 0.05) is 25.3 Å². The number of sulfonamides is 1. The van der Waals surface area contributed by atoms with E-state index in [0.717, 1.165) is 24.5 Å². The number of aryl methyl sites for hydroxylation is 1. The first-order valence-corrected chi connectivity index (χ1v) is 9.80. The van der Waals surface area contributed by atoms with Crippen molar-refractivity contribution in [3.63, 3.8) is 0 Å². The molecule has 1 aromatic heterocycles. The summed E-state index contributed by atoms with van der Waals surface area (Å²) < 4.78 is 43.0. The first-order valence-electron chi connectivity index (χ1n) is 8.36. The average Bonchev–Trinajstić information content (AvgIpc) is 3.01. The lowest BCUT2D eigenvalue weighted by Gasteiger charge is -2.33. The summed E-state index contributed by atoms with van der Waals surface area (Å²) >= 11 is 0. The Kier molecular flexibility index (Phi) is 4.95. The number of rotatable bonds is 4. The molecule has 0 radical (unpaired) electrons. The molecule has 2 aromatic rings. The van der Waals surface area contributed by atoms with Gasteiger partial charge in [0.1, 0.15) is 11.5 Å². The monoisotopic (exact) mass is 366 g/mol. The Balaban J connectivity index is 1.89. The van der Waals surface area contributed by atoms with E-state index in [1.165, 1.54) is 21.1 Å². The summed E-state index contributed by atoms with van der Waals surface area (Å²) in [5.74, 6) is -0.496. The van der Waals surface area contributed by atoms with Gasteiger partial charge in [-0.3, -0.25) is 0 Å². The fraction of sp³-hybridized carbons (Fsp3) is 0.471. The van der Waals surface area contributed by atoms with E-state index in [-0.39, 0.29) is 22.5 Å². The molecule has 2 heterocycles. The SMILES string of the molecule is Cc1cnn(-c2ccc(S(=O)(=O)N3CCCC(C(C)N)C3)cc2F)c1. The number of hydrogen-bond acceptors (Lipinski definition) is 4. The molecule has 1 aliphatic rings. The number of nitrogens with two attached hydrogens (primary N) is 1. The third-order valence-corrected chi connectivity index (χ3v) is 6.54. The van der Waals surface area contributed by atoms with Crippen molar-refractivity contribution in [1.29, 1.82) is 0 Å². The topological polar surface area (TPSA) is 81.2 Å². The molecule has 136 valence electrons. The zero-order valence-electron chi connectivity index (χ0n) is 14.4. The standard InChI is InChI=1S/C17H23FN4O2S/c1-12-9-20-22(10-12)17-6-5-15(8-16(17)18)25(23,24)21-7-3-4-14(11-21)13(2)19/h5-6,8-10,13-14H,3-4,7,11,19H2,1-2H3. The van der Waals surface area contributed by atoms with Crippen molar-refractivity contribution in [3.8, 4) is 5.69 Å². The largest absolute Gasteiger partial charge is 0.328 e. The minimum atomic E-state index is -3.74. The van der Waals surface area contributed by atoms with Crippen LogP contribution in [0.25, 0.3) is 5.69 Å². The summed E-state index contributed by atoms with van der Waals surface area (Å²) in [7, 11) is -3.74. The number of benzene rings is 1. The Morgan fingerprint density at radius 1 is 1.40 bits per heavy atom. The maximum Gasteiger partial charge on any atom is 0.243 e. The van der Waals surface area contributed by atoms with Crippen LogP contribution in [0.15, 0.2) is 35.5 Å². The predicted molar refractivity (Wildman–Crippen MR) is 93.4 cm³/mol. The van der Waals surface area contributed by atoms with Crippen LogP contribution in [-0.2, 0) is 10.0 Å². The highest BCUT2D eigenvalue weighted by atomic mass is 32.2. The van der Waals surface area contributed by atoms with Gasteiger partial charge in [0.25, 0.3) is 0 Å². The van der Waals surface area contributed by atoms with E-state index in [9.17, 15) is 12.8 Å². The van der Waals surface area contributed by atoms with E-state index >= 15 is 0 Å². The number of hydrogen-bond donors (Lipinski definition) is 1. The highest BCUT2D eigenvalue weighted by Crippen LogP contribution is 2.26. The van der Waals surface area contributed by atoms with Crippen molar-refractivity contribution < 1.29 is 12.8 Å². The Hall–Kier alpha value is -1.77. The van der Waals surface area contributed by atoms with Crippen LogP contribution >= 0.6 is 0 Å². The molecule has 1 aliphatic heterocycles. The summed E-state index contributed by atoms with van der Waals surface area (Å²) in [5, 5.41) is 4.06. The lowest BCUT2D eigenvalue weighted by Crippen LogP contribution is -2.44. The second-order valence-electron chi connectivity index (χ2n) is 6.70. The van der Waals surface area contributed by atoms with Crippen molar-refractivity contribution in [3.05, 3.63) is 42.0 Å². The normalized spacial score (nSPS) is 20.6. The van der Waals surface area contributed by atoms with E-state index in [1.54, 1.807) is 12.4 Å². The van der Waals surface area contributed by atoms with Crippen molar-refractivity contribution in [1.82, 2.24) is 14.1 Å². The number of aromatic nitrogens is 2. The van der Waals surface area contributed by atoms with Crippen molar-refractivity contribution in [2.75, 3.05) is 13.1 Å². The summed E-state index contributed by atoms with van der Waals surface area (Å²) in [6.45, 7) is 4.56. The van der Waals surface area contributed by atoms with Gasteiger partial charge < -0.3 is 5.73 Å². The quantitative estimate of drug-likeness (QED) is 0.898. The van der Waals surface area contributed by atoms with E-state index in [2.05, 4.69) is 5.10 Å². The third kappa shape index (κ3) is 3.61. The molecule has 6 nitrogen and oxygen atoms in total. The van der Waals surface area contributed by atoms with Crippen LogP contribution in [-0.4, -0.2) is 41.6 Å². The van der Waals surface area contributed by atoms with Gasteiger partial charge in [0.2, 0.25) is 10.0 Å². The van der Waals surface area contributed by atoms with Gasteiger partial charge in [-0.2, -0.15) is 9.40 Å². The Bertz CT molecular complexity index is 863. The Morgan fingerprint density at radius 2 is 2.16 bits per heavy atom. The molecule has 0 amide bonds. The Labute approximate surface area is 147 Å². The molecule has 2 N–H and O–H groups in total. The van der Waals surface area contributed by atoms with E-state index < -0.39 is 15.8 Å². The Morgan fingerprint density at radius 3 is 2.76 bits per heavy atom. The molecule has 25 heavy (non-hydrogen) atoms. The zero-order valence-corrected chi connectivity index (χ0v) is 15.2. The van der Waals surface area contributed by atoms with Gasteiger partial charge in [0.15, 0.2) is 0 Å². The van der Waals surface area contributed by atoms with Crippen LogP contribution in [0.3, 0.4) is 0 Å². The molecule has 0 bridgehead atoms. The summed E-state index contributed by atoms with van der Waals surface area (Å²) in [6, 6.07) is 3.87. The van der Waals surface area contributed by atoms with Crippen molar-refractivity contribution in [2.24, 2.45) is 11.7 Å². The third-order valence-electron chi connectivity index (χ3n) is 4.68. The molecule has 0 saturated carbocycles. The second kappa shape index (κ2) is 6.86. The summed E-state index contributed by atoms with van der Waals surface area (Å²) in [4.78, 5) is -0.0389. The highest BCUT2D eigenvalue weighted by molar-refractivity contribution is 7.89. The first-order chi connectivity index (χ1) is 11.8. The van der Waals surface area contributed by atoms with Crippen LogP contribution in [0.4, 0.5) is 4.39 Å². The maximum atomic E-state index is 14.5. The van der Waals surface area contributed by atoms with E-state index in [1.807, 2.05) is 13.8 Å². The van der Waals surface area contributed by atoms with Crippen LogP contribution in [0.5, 0.6) is 0 Å². The number of halogens is 1. The fourth-order valence-electron chi connectivity index (χ4n) is 3.15. The lowest BCUT2D eigenvalue weighted by molar-refractivity contribution is 0.243. The van der Waals surface area contributed by atoms with Gasteiger partial charge in [-0.25, -0.2) is 17.5 Å². The minimum absolute atomic E-state index is 0.0389. The van der Waals surface area contributed by atoms with Gasteiger partial charge >= 0.3 is 0 Å². The number of nitrogens with zero attached hydrogens (tertiary/aromatic N) is 3. The molecule has 0 spiro atoms. The molecule has 1 fully saturated rings. The predicted octanol–water partition coefficient (Wildman–Crippen LogP) is 2.07. The second-order valence-corrected chi connectivity index (χ2v) is 8.64. The molecule has 2 unspecified atom stereocenters. The first kappa shape index (κ1) is 18.0. The lowest BCUT2D eigenvalue weighted by atomic mass is 9.93. The molecule has 1 saturated heterocycles. The molecule has 8 heteroatoms. The van der Waals surface area contributed by atoms with E-state index in [4.69, 9.17) is 5.73 Å². The van der Waals surface area contributed by atoms with Gasteiger partial charge in [-0.1, -0.05) is 0 Å². The van der Waals surface area contributed by atoms with Gasteiger partial charge in [0.05, 0.1) is 11.1 Å². The van der Waals surface area contributed by atoms with Gasteiger partial charge in [-0.15, -0.1) is 0 Å². The summed E-state index contributed by atoms with van der Waals surface area (Å²) in [5.41, 5.74) is 7.05. The zero-order chi connectivity index (χ0) is 18.2. The highest BCUT2D eigenvalue weighted by Gasteiger charge is 2.32.